The summed E-state index contributed by atoms with van der Waals surface area (Å²) in [5.74, 6) is 0.599. The Morgan fingerprint density at radius 1 is 1.15 bits per heavy atom. The molecule has 8 heteroatoms. The summed E-state index contributed by atoms with van der Waals surface area (Å²) in [6.45, 7) is 9.12. The van der Waals surface area contributed by atoms with Gasteiger partial charge in [0.25, 0.3) is 5.91 Å². The predicted octanol–water partition coefficient (Wildman–Crippen LogP) is 4.42. The summed E-state index contributed by atoms with van der Waals surface area (Å²) < 4.78 is 14.1. The van der Waals surface area contributed by atoms with Crippen LogP contribution in [0.1, 0.15) is 47.7 Å². The lowest BCUT2D eigenvalue weighted by atomic mass is 10.0. The Morgan fingerprint density at radius 3 is 2.73 bits per heavy atom. The second-order valence-corrected chi connectivity index (χ2v) is 7.72. The number of nitrogens with zero attached hydrogens (tertiary/aromatic N) is 5. The molecule has 0 radical (unpaired) electrons. The van der Waals surface area contributed by atoms with E-state index in [0.29, 0.717) is 49.2 Å². The topological polar surface area (TPSA) is 70.9 Å². The van der Waals surface area contributed by atoms with Gasteiger partial charge in [0.15, 0.2) is 5.82 Å². The molecule has 0 bridgehead atoms. The second kappa shape index (κ2) is 11.5. The van der Waals surface area contributed by atoms with Crippen LogP contribution >= 0.6 is 0 Å². The number of hydrogen-bond donors (Lipinski definition) is 0. The zero-order chi connectivity index (χ0) is 23.8. The summed E-state index contributed by atoms with van der Waals surface area (Å²) in [5.41, 5.74) is 2.38. The molecule has 0 unspecified atom stereocenters. The Balaban J connectivity index is 1.79. The Hall–Kier alpha value is -3.39. The summed E-state index contributed by atoms with van der Waals surface area (Å²) in [4.78, 5) is 34.0. The van der Waals surface area contributed by atoms with Crippen LogP contribution in [0.15, 0.2) is 53.7 Å². The molecule has 3 rings (SSSR count). The van der Waals surface area contributed by atoms with Crippen molar-refractivity contribution in [3.8, 4) is 0 Å². The van der Waals surface area contributed by atoms with Crippen LogP contribution in [0, 0.1) is 19.7 Å². The maximum Gasteiger partial charge on any atom is 0.254 e. The van der Waals surface area contributed by atoms with Crippen LogP contribution in [0.5, 0.6) is 0 Å². The molecular weight excluding hydrogens is 421 g/mol. The van der Waals surface area contributed by atoms with Gasteiger partial charge in [-0.2, -0.15) is 0 Å². The van der Waals surface area contributed by atoms with Crippen molar-refractivity contribution < 1.29 is 14.0 Å². The maximum atomic E-state index is 14.1. The Labute approximate surface area is 194 Å². The average Bonchev–Trinajstić information content (AvgIpc) is 3.04. The first kappa shape index (κ1) is 24.3. The fourth-order valence-corrected chi connectivity index (χ4v) is 3.53. The number of rotatable bonds is 6. The number of carbonyl (C=O) groups is 1. The highest BCUT2D eigenvalue weighted by Crippen LogP contribution is 2.19. The number of amides is 1. The van der Waals surface area contributed by atoms with Gasteiger partial charge < -0.3 is 4.90 Å². The van der Waals surface area contributed by atoms with Crippen molar-refractivity contribution in [3.05, 3.63) is 77.2 Å². The summed E-state index contributed by atoms with van der Waals surface area (Å²) in [6.07, 6.45) is 8.37. The molecule has 1 aliphatic rings. The van der Waals surface area contributed by atoms with E-state index in [-0.39, 0.29) is 11.5 Å². The summed E-state index contributed by atoms with van der Waals surface area (Å²) in [5, 5.41) is 1.68. The normalized spacial score (nSPS) is 15.5. The number of allylic oxidation sites excluding steroid dienone is 3. The molecule has 2 aromatic rings. The molecule has 0 saturated carbocycles. The van der Waals surface area contributed by atoms with Gasteiger partial charge >= 0.3 is 0 Å². The molecule has 1 saturated heterocycles. The van der Waals surface area contributed by atoms with Crippen molar-refractivity contribution in [3.63, 3.8) is 0 Å². The molecule has 1 aromatic carbocycles. The smallest absolute Gasteiger partial charge is 0.254 e. The van der Waals surface area contributed by atoms with Crippen molar-refractivity contribution in [1.29, 1.82) is 0 Å². The minimum Gasteiger partial charge on any atom is -0.334 e. The number of anilines is 1. The molecular formula is C25H30FN5O2. The van der Waals surface area contributed by atoms with E-state index in [1.165, 1.54) is 12.1 Å². The Bertz CT molecular complexity index is 1060. The lowest BCUT2D eigenvalue weighted by Gasteiger charge is -2.22. The zero-order valence-corrected chi connectivity index (χ0v) is 19.6. The molecule has 33 heavy (non-hydrogen) atoms. The third-order valence-corrected chi connectivity index (χ3v) is 5.12. The van der Waals surface area contributed by atoms with Crippen LogP contribution in [0.4, 0.5) is 10.2 Å². The van der Waals surface area contributed by atoms with Crippen LogP contribution in [-0.4, -0.2) is 52.7 Å². The predicted molar refractivity (Wildman–Crippen MR) is 128 cm³/mol. The standard InChI is InChI=1S/C25H30FN5O2/c1-5-6-7-8-11-27-19(3)22-10-9-21(26)17-23(22)25(32)30-12-13-31(33-15-14-30)24-16-18(2)28-20(4)29-24/h6-11,16-17H,5,12-15H2,1-4H3/b7-6+,11-8-,27-19+. The lowest BCUT2D eigenvalue weighted by molar-refractivity contribution is 0.0729. The number of benzene rings is 1. The highest BCUT2D eigenvalue weighted by Gasteiger charge is 2.24. The first-order valence-corrected chi connectivity index (χ1v) is 11.1. The molecule has 7 nitrogen and oxygen atoms in total. The van der Waals surface area contributed by atoms with E-state index < -0.39 is 5.82 Å². The highest BCUT2D eigenvalue weighted by atomic mass is 19.1. The van der Waals surface area contributed by atoms with Crippen molar-refractivity contribution in [2.24, 2.45) is 4.99 Å². The molecule has 0 aliphatic carbocycles. The van der Waals surface area contributed by atoms with Gasteiger partial charge in [0.2, 0.25) is 0 Å². The van der Waals surface area contributed by atoms with E-state index in [2.05, 4.69) is 21.9 Å². The molecule has 1 fully saturated rings. The van der Waals surface area contributed by atoms with E-state index in [9.17, 15) is 9.18 Å². The number of aromatic nitrogens is 2. The molecule has 2 heterocycles. The lowest BCUT2D eigenvalue weighted by Crippen LogP contribution is -2.36. The van der Waals surface area contributed by atoms with E-state index in [1.54, 1.807) is 22.2 Å². The quantitative estimate of drug-likeness (QED) is 0.480. The fraction of sp³-hybridized carbons (Fsp3) is 0.360. The zero-order valence-electron chi connectivity index (χ0n) is 19.6. The van der Waals surface area contributed by atoms with Gasteiger partial charge in [0.05, 0.1) is 18.7 Å². The van der Waals surface area contributed by atoms with Crippen LogP contribution in [0.3, 0.4) is 0 Å². The van der Waals surface area contributed by atoms with Crippen molar-refractivity contribution in [1.82, 2.24) is 14.9 Å². The van der Waals surface area contributed by atoms with Crippen molar-refractivity contribution in [2.75, 3.05) is 31.3 Å². The van der Waals surface area contributed by atoms with Gasteiger partial charge in [-0.15, -0.1) is 0 Å². The molecule has 0 spiro atoms. The molecule has 0 N–H and O–H groups in total. The summed E-state index contributed by atoms with van der Waals surface area (Å²) in [7, 11) is 0. The monoisotopic (exact) mass is 451 g/mol. The fourth-order valence-electron chi connectivity index (χ4n) is 3.53. The van der Waals surface area contributed by atoms with Gasteiger partial charge in [-0.25, -0.2) is 19.4 Å². The molecule has 1 amide bonds. The number of hydrogen-bond acceptors (Lipinski definition) is 6. The van der Waals surface area contributed by atoms with Crippen molar-refractivity contribution in [2.45, 2.75) is 34.1 Å². The first-order valence-electron chi connectivity index (χ1n) is 11.1. The largest absolute Gasteiger partial charge is 0.334 e. The average molecular weight is 452 g/mol. The van der Waals surface area contributed by atoms with Gasteiger partial charge in [-0.05, 0) is 51.5 Å². The van der Waals surface area contributed by atoms with Gasteiger partial charge in [0.1, 0.15) is 11.6 Å². The minimum absolute atomic E-state index is 0.255. The number of aliphatic imine (C=N–C) groups is 1. The highest BCUT2D eigenvalue weighted by molar-refractivity contribution is 6.09. The molecule has 0 atom stereocenters. The van der Waals surface area contributed by atoms with E-state index >= 15 is 0 Å². The Kier molecular flexibility index (Phi) is 8.43. The van der Waals surface area contributed by atoms with Crippen LogP contribution in [0.25, 0.3) is 0 Å². The van der Waals surface area contributed by atoms with Crippen LogP contribution in [-0.2, 0) is 4.84 Å². The maximum absolute atomic E-state index is 14.1. The van der Waals surface area contributed by atoms with E-state index in [0.717, 1.165) is 12.1 Å². The van der Waals surface area contributed by atoms with Crippen LogP contribution < -0.4 is 5.06 Å². The third-order valence-electron chi connectivity index (χ3n) is 5.12. The molecule has 1 aliphatic heterocycles. The van der Waals surface area contributed by atoms with E-state index in [1.807, 2.05) is 45.1 Å². The summed E-state index contributed by atoms with van der Waals surface area (Å²) in [6, 6.07) is 6.07. The van der Waals surface area contributed by atoms with Gasteiger partial charge in [-0.3, -0.25) is 14.6 Å². The number of halogens is 1. The molecule has 1 aromatic heterocycles. The number of aryl methyl sites for hydroxylation is 2. The minimum atomic E-state index is -0.462. The summed E-state index contributed by atoms with van der Waals surface area (Å²) >= 11 is 0. The van der Waals surface area contributed by atoms with Crippen molar-refractivity contribution >= 4 is 17.4 Å². The van der Waals surface area contributed by atoms with E-state index in [4.69, 9.17) is 4.84 Å². The second-order valence-electron chi connectivity index (χ2n) is 7.72. The van der Waals surface area contributed by atoms with Gasteiger partial charge in [-0.1, -0.05) is 19.1 Å². The first-order chi connectivity index (χ1) is 15.9. The number of hydroxylamine groups is 1. The third kappa shape index (κ3) is 6.55. The number of carbonyl (C=O) groups excluding carboxylic acids is 1. The van der Waals surface area contributed by atoms with Crippen LogP contribution in [0.2, 0.25) is 0 Å². The SMILES string of the molecule is CC/C=C/C=C\N=C(/C)c1ccc(F)cc1C(=O)N1CCON(c2cc(C)nc(C)n2)CC1. The Morgan fingerprint density at radius 2 is 1.97 bits per heavy atom. The molecule has 174 valence electrons. The van der Waals surface area contributed by atoms with Gasteiger partial charge in [0, 0.05) is 42.3 Å².